The Hall–Kier alpha value is -5.32. The molecule has 2 unspecified atom stereocenters. The fourth-order valence-electron chi connectivity index (χ4n) is 10.8. The number of piperidine rings is 1. The molecule has 334 valence electrons. The average molecular weight is 871 g/mol. The minimum atomic E-state index is -2.67. The summed E-state index contributed by atoms with van der Waals surface area (Å²) in [6.45, 7) is 6.98. The fourth-order valence-corrected chi connectivity index (χ4v) is 10.8. The van der Waals surface area contributed by atoms with E-state index in [-0.39, 0.29) is 48.7 Å². The molecule has 2 saturated heterocycles. The first-order chi connectivity index (χ1) is 30.4. The number of fused-ring (bicyclic) bond motifs is 5. The Kier molecular flexibility index (Phi) is 12.1. The Balaban J connectivity index is 0.781. The number of aromatic nitrogens is 1. The molecule has 0 bridgehead atoms. The zero-order chi connectivity index (χ0) is 44.1. The molecule has 63 heavy (non-hydrogen) atoms. The molecule has 9 rings (SSSR count). The summed E-state index contributed by atoms with van der Waals surface area (Å²) in [5.41, 5.74) is 5.80. The van der Waals surface area contributed by atoms with Crippen LogP contribution in [0.3, 0.4) is 0 Å². The number of rotatable bonds is 12. The van der Waals surface area contributed by atoms with Crippen molar-refractivity contribution in [3.05, 3.63) is 99.2 Å². The Morgan fingerprint density at radius 2 is 1.62 bits per heavy atom. The Morgan fingerprint density at radius 1 is 0.921 bits per heavy atom. The third-order valence-electron chi connectivity index (χ3n) is 14.1. The van der Waals surface area contributed by atoms with Crippen LogP contribution in [0.25, 0.3) is 10.9 Å². The van der Waals surface area contributed by atoms with Gasteiger partial charge in [-0.2, -0.15) is 0 Å². The molecule has 2 fully saturated rings. The summed E-state index contributed by atoms with van der Waals surface area (Å²) in [4.78, 5) is 65.4. The van der Waals surface area contributed by atoms with Gasteiger partial charge in [-0.25, -0.2) is 17.6 Å². The molecule has 6 heterocycles. The number of nitrogens with zero attached hydrogens (tertiary/aromatic N) is 6. The van der Waals surface area contributed by atoms with Crippen molar-refractivity contribution < 1.29 is 36.7 Å². The summed E-state index contributed by atoms with van der Waals surface area (Å²) in [6, 6.07) is 12.4. The van der Waals surface area contributed by atoms with Gasteiger partial charge in [-0.3, -0.25) is 29.1 Å². The topological polar surface area (TPSA) is 116 Å². The second-order valence-electron chi connectivity index (χ2n) is 17.8. The highest BCUT2D eigenvalue weighted by atomic mass is 19.3. The number of nitrogens with one attached hydrogen (secondary N) is 2. The monoisotopic (exact) mass is 870 g/mol. The van der Waals surface area contributed by atoms with Crippen LogP contribution in [0.15, 0.2) is 48.5 Å². The van der Waals surface area contributed by atoms with Crippen molar-refractivity contribution in [2.24, 2.45) is 0 Å². The van der Waals surface area contributed by atoms with Gasteiger partial charge in [0.05, 0.1) is 19.1 Å². The van der Waals surface area contributed by atoms with E-state index in [2.05, 4.69) is 20.1 Å². The number of piperazine rings is 1. The lowest BCUT2D eigenvalue weighted by Gasteiger charge is -2.43. The van der Waals surface area contributed by atoms with Gasteiger partial charge in [0.1, 0.15) is 24.0 Å². The van der Waals surface area contributed by atoms with Crippen LogP contribution in [0.1, 0.15) is 82.5 Å². The van der Waals surface area contributed by atoms with E-state index in [1.165, 1.54) is 29.0 Å². The maximum absolute atomic E-state index is 16.3. The van der Waals surface area contributed by atoms with Crippen molar-refractivity contribution in [3.8, 4) is 0 Å². The second-order valence-corrected chi connectivity index (χ2v) is 17.8. The van der Waals surface area contributed by atoms with E-state index in [0.29, 0.717) is 62.1 Å². The molecule has 12 nitrogen and oxygen atoms in total. The third-order valence-corrected chi connectivity index (χ3v) is 14.1. The second kappa shape index (κ2) is 17.7. The highest BCUT2D eigenvalue weighted by Crippen LogP contribution is 2.44. The number of para-hydroxylation sites is 1. The molecule has 0 saturated carbocycles. The summed E-state index contributed by atoms with van der Waals surface area (Å²) >= 11 is 0. The van der Waals surface area contributed by atoms with Gasteiger partial charge in [-0.05, 0) is 79.1 Å². The zero-order valence-corrected chi connectivity index (χ0v) is 35.7. The predicted molar refractivity (Wildman–Crippen MR) is 229 cm³/mol. The number of benzene rings is 3. The number of alkyl halides is 2. The molecule has 1 aromatic heterocycles. The summed E-state index contributed by atoms with van der Waals surface area (Å²) < 4.78 is 60.4. The number of aromatic amines is 1. The molecule has 0 aliphatic carbocycles. The number of hydrogen-bond acceptors (Lipinski definition) is 8. The number of likely N-dealkylation sites (N-methyl/N-ethyl adjacent to an activating group) is 1. The number of aldehydes is 1. The number of anilines is 1. The van der Waals surface area contributed by atoms with E-state index >= 15 is 8.78 Å². The number of carbonyl (C=O) groups excluding carboxylic acids is 4. The summed E-state index contributed by atoms with van der Waals surface area (Å²) in [6.07, 6.45) is 0.624. The lowest BCUT2D eigenvalue weighted by atomic mass is 9.88. The fraction of sp³-hybridized carbons (Fsp3) is 0.489. The van der Waals surface area contributed by atoms with Gasteiger partial charge in [-0.1, -0.05) is 24.3 Å². The van der Waals surface area contributed by atoms with Crippen molar-refractivity contribution in [1.82, 2.24) is 34.8 Å². The van der Waals surface area contributed by atoms with Crippen LogP contribution in [-0.2, 0) is 40.4 Å². The van der Waals surface area contributed by atoms with Crippen LogP contribution in [0.2, 0.25) is 0 Å². The molecule has 3 aromatic carbocycles. The van der Waals surface area contributed by atoms with Crippen LogP contribution < -0.4 is 10.2 Å². The molecule has 3 atom stereocenters. The molecule has 5 aliphatic heterocycles. The van der Waals surface area contributed by atoms with Gasteiger partial charge in [0, 0.05) is 118 Å². The standard InChI is InChI=1S/C47H54F4N8O4/c1-28-18-36-34-6-3-4-7-39(34)53-44(36)45(58(28)26-41(50)51)43-37(48)21-33(22-38(43)49)55-11-9-32(10-12-55)56-15-13-54(14-16-56)27-42(61)57-23-29-19-31-25-59(40(8-5-17-60)46(62)52-2)47(63)35(31)20-30(29)24-57/h3-4,6-7,17,19-22,28,32,40-41,45,53H,5,8-16,18,23-27H2,1-2H3,(H,52,62)/t28-,40?,45?/m1/s1. The predicted octanol–water partition coefficient (Wildman–Crippen LogP) is 5.23. The largest absolute Gasteiger partial charge is 0.371 e. The van der Waals surface area contributed by atoms with E-state index in [1.807, 2.05) is 53.1 Å². The van der Waals surface area contributed by atoms with Crippen LogP contribution in [0, 0.1) is 11.6 Å². The maximum Gasteiger partial charge on any atom is 0.255 e. The van der Waals surface area contributed by atoms with Crippen molar-refractivity contribution >= 4 is 40.6 Å². The SMILES string of the molecule is CNC(=O)C(CCC=O)N1Cc2cc3c(cc2C1=O)CN(C(=O)CN1CCN(C2CCN(c4cc(F)c(C5c6[nH]c7ccccc7c6C[C@@H](C)N5CC(F)F)c(F)c4)CC2)CC1)C3. The maximum atomic E-state index is 16.3. The molecule has 3 amide bonds. The number of carbonyl (C=O) groups is 4. The average Bonchev–Trinajstić information content (AvgIpc) is 3.96. The van der Waals surface area contributed by atoms with Crippen LogP contribution in [0.4, 0.5) is 23.2 Å². The van der Waals surface area contributed by atoms with Crippen LogP contribution in [-0.4, -0.2) is 137 Å². The Labute approximate surface area is 364 Å². The highest BCUT2D eigenvalue weighted by Gasteiger charge is 2.41. The third kappa shape index (κ3) is 8.21. The molecule has 0 radical (unpaired) electrons. The number of amides is 3. The molecule has 16 heteroatoms. The van der Waals surface area contributed by atoms with E-state index in [1.54, 1.807) is 0 Å². The first-order valence-electron chi connectivity index (χ1n) is 22.1. The number of H-pyrrole nitrogens is 1. The smallest absolute Gasteiger partial charge is 0.255 e. The molecular weight excluding hydrogens is 817 g/mol. The van der Waals surface area contributed by atoms with E-state index < -0.39 is 36.7 Å². The zero-order valence-electron chi connectivity index (χ0n) is 35.7. The quantitative estimate of drug-likeness (QED) is 0.147. The number of hydrogen-bond donors (Lipinski definition) is 2. The van der Waals surface area contributed by atoms with Crippen molar-refractivity contribution in [2.45, 2.75) is 89.3 Å². The van der Waals surface area contributed by atoms with Gasteiger partial charge in [-0.15, -0.1) is 0 Å². The molecule has 5 aliphatic rings. The minimum Gasteiger partial charge on any atom is -0.371 e. The lowest BCUT2D eigenvalue weighted by Crippen LogP contribution is -2.54. The molecule has 2 N–H and O–H groups in total. The molecule has 0 spiro atoms. The van der Waals surface area contributed by atoms with Gasteiger partial charge in [0.15, 0.2) is 0 Å². The summed E-state index contributed by atoms with van der Waals surface area (Å²) in [7, 11) is 1.52. The number of halogens is 4. The Bertz CT molecular complexity index is 2390. The van der Waals surface area contributed by atoms with Crippen LogP contribution >= 0.6 is 0 Å². The summed E-state index contributed by atoms with van der Waals surface area (Å²) in [5.74, 6) is -2.01. The van der Waals surface area contributed by atoms with Gasteiger partial charge < -0.3 is 29.8 Å². The molecule has 4 aromatic rings. The van der Waals surface area contributed by atoms with Gasteiger partial charge in [0.25, 0.3) is 12.3 Å². The Morgan fingerprint density at radius 3 is 2.30 bits per heavy atom. The lowest BCUT2D eigenvalue weighted by molar-refractivity contribution is -0.133. The minimum absolute atomic E-state index is 0.0293. The summed E-state index contributed by atoms with van der Waals surface area (Å²) in [5, 5.41) is 3.54. The van der Waals surface area contributed by atoms with Crippen LogP contribution in [0.5, 0.6) is 0 Å². The van der Waals surface area contributed by atoms with Gasteiger partial charge in [0.2, 0.25) is 11.8 Å². The van der Waals surface area contributed by atoms with Crippen molar-refractivity contribution in [3.63, 3.8) is 0 Å². The highest BCUT2D eigenvalue weighted by molar-refractivity contribution is 6.01. The first kappa shape index (κ1) is 43.0. The van der Waals surface area contributed by atoms with E-state index in [9.17, 15) is 28.0 Å². The first-order valence-corrected chi connectivity index (χ1v) is 22.1. The van der Waals surface area contributed by atoms with E-state index in [4.69, 9.17) is 0 Å². The van der Waals surface area contributed by atoms with Crippen molar-refractivity contribution in [2.75, 3.05) is 64.3 Å². The normalized spacial score (nSPS) is 21.6. The van der Waals surface area contributed by atoms with Crippen molar-refractivity contribution in [1.29, 1.82) is 0 Å². The molecular formula is C47H54F4N8O4. The van der Waals surface area contributed by atoms with Gasteiger partial charge >= 0.3 is 0 Å². The van der Waals surface area contributed by atoms with E-state index in [0.717, 1.165) is 78.5 Å².